The number of hydrogen-bond donors (Lipinski definition) is 20. The van der Waals surface area contributed by atoms with Crippen molar-refractivity contribution >= 4 is 117 Å². The fraction of sp³-hybridized carbons (Fsp3) is 0.413. The number of carbonyl (C=O) groups is 15. The molecule has 1 aromatic heterocycles. The van der Waals surface area contributed by atoms with E-state index in [4.69, 9.17) is 33.8 Å². The summed E-state index contributed by atoms with van der Waals surface area (Å²) in [6.07, 6.45) is -1.62. The average Bonchev–Trinajstić information content (AvgIpc) is 1.26. The molecule has 570 valence electrons. The van der Waals surface area contributed by atoms with Crippen LogP contribution in [0, 0.1) is 0 Å². The number of aliphatic carboxylic acids is 3. The minimum absolute atomic E-state index is 0.00721. The van der Waals surface area contributed by atoms with Crippen LogP contribution in [0.25, 0.3) is 0 Å². The van der Waals surface area contributed by atoms with Gasteiger partial charge in [0.05, 0.1) is 43.9 Å². The molecule has 42 heteroatoms. The molecule has 0 fully saturated rings. The number of nitrogens with one attached hydrogen (secondary N) is 11. The van der Waals surface area contributed by atoms with Crippen molar-refractivity contribution in [2.24, 2.45) is 33.7 Å². The molecule has 0 bridgehead atoms. The number of carboxylic acids is 3. The Hall–Kier alpha value is -11.8. The lowest BCUT2D eigenvalue weighted by Crippen LogP contribution is -2.60. The second kappa shape index (κ2) is 43.2. The number of aromatic nitrogens is 2. The van der Waals surface area contributed by atoms with Gasteiger partial charge in [-0.05, 0) is 66.5 Å². The predicted octanol–water partition coefficient (Wildman–Crippen LogP) is -6.35. The third kappa shape index (κ3) is 32.8. The molecule has 0 aliphatic carbocycles. The Balaban J connectivity index is 1.63. The molecule has 4 rings (SSSR count). The topological polar surface area (TPSA) is 672 Å². The summed E-state index contributed by atoms with van der Waals surface area (Å²) in [7, 11) is -5.06. The van der Waals surface area contributed by atoms with Gasteiger partial charge in [-0.25, -0.2) is 4.98 Å². The SMILES string of the molecule is CSCC[C@H](NC(=O)[C@H](Cc1c[nH]cn1)NC(=O)CNC(=O)[C@H](Cc1ccc(OS(=O)(=O)O)cc1)NC(=O)[C@H](CC(=O)O)NC(=O)[C@H](CC(=O)O)NC(=O)[C@H](Cc1ccccc1)NC(=O)[C@H](CCC(N)=O)NC(=O)[C@@H](N)CC(=O)O)C(=O)N[C@@H](CCCN=C(N)N)C(=O)N[C@@H](Cc1ccccc1)C(N)=O. The Morgan fingerprint density at radius 3 is 1.39 bits per heavy atom. The molecule has 0 radical (unpaired) electrons. The van der Waals surface area contributed by atoms with E-state index in [0.717, 1.165) is 24.3 Å². The van der Waals surface area contributed by atoms with Crippen LogP contribution in [0.15, 0.2) is 102 Å². The number of nitrogens with zero attached hydrogens (tertiary/aromatic N) is 2. The van der Waals surface area contributed by atoms with Gasteiger partial charge >= 0.3 is 28.3 Å². The molecule has 10 atom stereocenters. The van der Waals surface area contributed by atoms with Crippen LogP contribution in [0.3, 0.4) is 0 Å². The molecule has 12 amide bonds. The van der Waals surface area contributed by atoms with Crippen molar-refractivity contribution < 1.29 is 104 Å². The first kappa shape index (κ1) is 85.6. The highest BCUT2D eigenvalue weighted by Gasteiger charge is 2.37. The molecule has 105 heavy (non-hydrogen) atoms. The third-order valence-corrected chi connectivity index (χ3v) is 16.0. The van der Waals surface area contributed by atoms with Crippen LogP contribution in [-0.2, 0) is 108 Å². The molecule has 0 spiro atoms. The summed E-state index contributed by atoms with van der Waals surface area (Å²) < 4.78 is 36.6. The maximum absolute atomic E-state index is 14.4. The number of aliphatic imine (C=N–C) groups is 1. The summed E-state index contributed by atoms with van der Waals surface area (Å²) in [5, 5.41) is 52.6. The number of nitrogens with two attached hydrogens (primary N) is 5. The zero-order chi connectivity index (χ0) is 77.9. The van der Waals surface area contributed by atoms with E-state index < -0.39 is 217 Å². The van der Waals surface area contributed by atoms with Crippen molar-refractivity contribution in [3.63, 3.8) is 0 Å². The Bertz CT molecular complexity index is 3840. The highest BCUT2D eigenvalue weighted by Crippen LogP contribution is 2.17. The maximum atomic E-state index is 14.4. The van der Waals surface area contributed by atoms with Crippen molar-refractivity contribution in [1.29, 1.82) is 0 Å². The first-order valence-corrected chi connectivity index (χ1v) is 34.7. The third-order valence-electron chi connectivity index (χ3n) is 15.0. The van der Waals surface area contributed by atoms with Gasteiger partial charge in [0.1, 0.15) is 60.1 Å². The molecule has 3 aromatic carbocycles. The summed E-state index contributed by atoms with van der Waals surface area (Å²) in [5.41, 5.74) is 28.9. The highest BCUT2D eigenvalue weighted by molar-refractivity contribution is 7.98. The van der Waals surface area contributed by atoms with E-state index in [9.17, 15) is 95.1 Å². The van der Waals surface area contributed by atoms with Crippen molar-refractivity contribution in [3.05, 3.63) is 120 Å². The zero-order valence-corrected chi connectivity index (χ0v) is 58.0. The molecule has 40 nitrogen and oxygen atoms in total. The Kier molecular flexibility index (Phi) is 35.3. The van der Waals surface area contributed by atoms with Crippen LogP contribution < -0.4 is 86.0 Å². The number of primary amides is 2. The number of H-pyrrole nitrogens is 1. The molecule has 4 aromatic rings. The van der Waals surface area contributed by atoms with Crippen LogP contribution in [0.1, 0.15) is 73.8 Å². The van der Waals surface area contributed by atoms with E-state index in [-0.39, 0.29) is 61.6 Å². The number of benzene rings is 3. The second-order valence-electron chi connectivity index (χ2n) is 23.4. The standard InChI is InChI=1S/C63H84N18O22S2/c1-104-22-20-41(58(95)75-39(13-8-21-70-63(67)68)56(93)77-42(53(66)90)23-33-9-4-2-5-10-33)76-60(97)45(26-36-30-69-32-72-36)73-49(83)31-71-55(92)43(25-35-14-16-37(17-15-35)103-105(100,101)102)78-61(98)46(28-51(86)87)81-62(99)47(29-52(88)89)80-59(96)44(24-34-11-6-3-7-12-34)79-57(94)40(18-19-48(65)82)74-54(91)38(64)27-50(84)85/h2-7,9-12,14-17,30,32,38-47H,8,13,18-29,31,64H2,1H3,(H2,65,82)(H2,66,90)(H,69,72)(H,71,92)(H,73,83)(H,74,91)(H,75,95)(H,76,97)(H,77,93)(H,78,98)(H,79,94)(H,80,96)(H,81,99)(H,84,85)(H,86,87)(H,88,89)(H4,67,68,70)(H,100,101,102)/t38-,39-,40-,41-,42-,43-,44-,45-,46-,47-/m0/s1. The Labute approximate surface area is 603 Å². The minimum atomic E-state index is -5.06. The highest BCUT2D eigenvalue weighted by atomic mass is 32.3. The first-order valence-electron chi connectivity index (χ1n) is 31.9. The molecule has 0 aliphatic rings. The smallest absolute Gasteiger partial charge is 0.446 e. The van der Waals surface area contributed by atoms with Gasteiger partial charge in [-0.3, -0.25) is 81.5 Å². The van der Waals surface area contributed by atoms with Crippen molar-refractivity contribution in [1.82, 2.24) is 63.1 Å². The summed E-state index contributed by atoms with van der Waals surface area (Å²) in [6.45, 7) is -0.993. The number of carboxylic acid groups (broad SMARTS) is 3. The van der Waals surface area contributed by atoms with Crippen LogP contribution in [0.5, 0.6) is 5.75 Å². The van der Waals surface area contributed by atoms with Gasteiger partial charge in [0.2, 0.25) is 70.9 Å². The Morgan fingerprint density at radius 1 is 0.514 bits per heavy atom. The zero-order valence-electron chi connectivity index (χ0n) is 56.4. The molecular weight excluding hydrogens is 1420 g/mol. The van der Waals surface area contributed by atoms with Gasteiger partial charge in [0.25, 0.3) is 0 Å². The average molecular weight is 1510 g/mol. The fourth-order valence-corrected chi connectivity index (χ4v) is 10.6. The predicted molar refractivity (Wildman–Crippen MR) is 371 cm³/mol. The molecule has 0 aliphatic heterocycles. The lowest BCUT2D eigenvalue weighted by molar-refractivity contribution is -0.143. The van der Waals surface area contributed by atoms with Crippen LogP contribution in [0.2, 0.25) is 0 Å². The van der Waals surface area contributed by atoms with Gasteiger partial charge in [-0.2, -0.15) is 20.2 Å². The van der Waals surface area contributed by atoms with Crippen molar-refractivity contribution in [3.8, 4) is 5.75 Å². The second-order valence-corrected chi connectivity index (χ2v) is 25.4. The molecular formula is C63H84N18O22S2. The summed E-state index contributed by atoms with van der Waals surface area (Å²) in [6, 6.07) is 3.39. The van der Waals surface area contributed by atoms with E-state index in [2.05, 4.69) is 67.0 Å². The van der Waals surface area contributed by atoms with Gasteiger partial charge < -0.3 is 106 Å². The summed E-state index contributed by atoms with van der Waals surface area (Å²) in [5.74, 6) is -19.0. The quantitative estimate of drug-likeness (QED) is 0.00847. The minimum Gasteiger partial charge on any atom is -0.481 e. The monoisotopic (exact) mass is 1510 g/mol. The van der Waals surface area contributed by atoms with E-state index in [1.807, 2.05) is 5.32 Å². The molecule has 0 saturated carbocycles. The van der Waals surface area contributed by atoms with E-state index in [0.29, 0.717) is 11.1 Å². The van der Waals surface area contributed by atoms with Gasteiger partial charge in [0, 0.05) is 44.8 Å². The lowest BCUT2D eigenvalue weighted by Gasteiger charge is -2.27. The number of thioether (sulfide) groups is 1. The van der Waals surface area contributed by atoms with E-state index in [1.165, 1.54) is 48.6 Å². The van der Waals surface area contributed by atoms with Crippen molar-refractivity contribution in [2.75, 3.05) is 25.1 Å². The number of carbonyl (C=O) groups excluding carboxylic acids is 12. The molecule has 0 saturated heterocycles. The van der Waals surface area contributed by atoms with Gasteiger partial charge in [0.15, 0.2) is 5.96 Å². The number of imidazole rings is 1. The maximum Gasteiger partial charge on any atom is 0.446 e. The number of rotatable bonds is 47. The number of aromatic amines is 1. The van der Waals surface area contributed by atoms with Gasteiger partial charge in [-0.1, -0.05) is 72.8 Å². The van der Waals surface area contributed by atoms with Crippen LogP contribution >= 0.6 is 11.8 Å². The van der Waals surface area contributed by atoms with Crippen molar-refractivity contribution in [2.45, 2.75) is 137 Å². The molecule has 25 N–H and O–H groups in total. The summed E-state index contributed by atoms with van der Waals surface area (Å²) >= 11 is 1.29. The van der Waals surface area contributed by atoms with Crippen LogP contribution in [0.4, 0.5) is 0 Å². The normalized spacial score (nSPS) is 13.9. The first-order chi connectivity index (χ1) is 49.6. The molecule has 1 heterocycles. The summed E-state index contributed by atoms with van der Waals surface area (Å²) in [4.78, 5) is 211. The largest absolute Gasteiger partial charge is 0.481 e. The number of guanidine groups is 1. The van der Waals surface area contributed by atoms with Crippen LogP contribution in [-0.4, -0.2) is 219 Å². The van der Waals surface area contributed by atoms with E-state index >= 15 is 0 Å². The lowest BCUT2D eigenvalue weighted by atomic mass is 10.0. The van der Waals surface area contributed by atoms with E-state index in [1.54, 1.807) is 42.7 Å². The number of hydrogen-bond acceptors (Lipinski definition) is 22. The number of amides is 12. The Morgan fingerprint density at radius 2 is 0.933 bits per heavy atom. The fourth-order valence-electron chi connectivity index (χ4n) is 9.80. The molecule has 0 unspecified atom stereocenters. The van der Waals surface area contributed by atoms with Gasteiger partial charge in [-0.15, -0.1) is 0 Å².